The summed E-state index contributed by atoms with van der Waals surface area (Å²) in [6.45, 7) is 12.0. The van der Waals surface area contributed by atoms with E-state index in [0.29, 0.717) is 6.04 Å². The summed E-state index contributed by atoms with van der Waals surface area (Å²) >= 11 is 0. The number of hydrogen-bond donors (Lipinski definition) is 2. The number of nitrogens with one attached hydrogen (secondary N) is 1. The van der Waals surface area contributed by atoms with E-state index in [9.17, 15) is 5.11 Å². The second kappa shape index (κ2) is 9.13. The van der Waals surface area contributed by atoms with Gasteiger partial charge in [-0.25, -0.2) is 0 Å². The predicted octanol–water partition coefficient (Wildman–Crippen LogP) is 1.47. The third-order valence-corrected chi connectivity index (χ3v) is 2.54. The minimum Gasteiger partial charge on any atom is -0.395 e. The summed E-state index contributed by atoms with van der Waals surface area (Å²) in [4.78, 5) is 2.40. The summed E-state index contributed by atoms with van der Waals surface area (Å²) in [5.41, 5.74) is 0. The number of hydrogen-bond acceptors (Lipinski definition) is 3. The van der Waals surface area contributed by atoms with E-state index in [2.05, 4.69) is 37.9 Å². The van der Waals surface area contributed by atoms with Crippen LogP contribution in [0.3, 0.4) is 0 Å². The van der Waals surface area contributed by atoms with Gasteiger partial charge in [-0.3, -0.25) is 0 Å². The summed E-state index contributed by atoms with van der Waals surface area (Å²) in [5.74, 6) is 0. The maximum absolute atomic E-state index is 9.26. The molecule has 0 radical (unpaired) electrons. The Morgan fingerprint density at radius 3 is 2.33 bits per heavy atom. The molecule has 0 amide bonds. The van der Waals surface area contributed by atoms with E-state index in [4.69, 9.17) is 0 Å². The van der Waals surface area contributed by atoms with Crippen LogP contribution in [-0.4, -0.2) is 48.3 Å². The molecule has 0 heterocycles. The van der Waals surface area contributed by atoms with E-state index in [1.807, 2.05) is 0 Å². The fraction of sp³-hybridized carbons (Fsp3) is 1.00. The molecular formula is C12H28N2O. The smallest absolute Gasteiger partial charge is 0.0597 e. The number of nitrogens with zero attached hydrogens (tertiary/aromatic N) is 1. The maximum atomic E-state index is 9.26. The van der Waals surface area contributed by atoms with Crippen molar-refractivity contribution in [2.75, 3.05) is 26.2 Å². The van der Waals surface area contributed by atoms with Crippen molar-refractivity contribution in [3.8, 4) is 0 Å². The van der Waals surface area contributed by atoms with Crippen molar-refractivity contribution in [3.63, 3.8) is 0 Å². The van der Waals surface area contributed by atoms with Crippen molar-refractivity contribution in [2.24, 2.45) is 0 Å². The van der Waals surface area contributed by atoms with E-state index >= 15 is 0 Å². The lowest BCUT2D eigenvalue weighted by molar-refractivity contribution is 0.178. The molecule has 0 rings (SSSR count). The lowest BCUT2D eigenvalue weighted by Gasteiger charge is -2.27. The van der Waals surface area contributed by atoms with E-state index in [1.165, 1.54) is 12.8 Å². The maximum Gasteiger partial charge on any atom is 0.0597 e. The standard InChI is InChI=1S/C12H28N2O/c1-5-7-8-14(6-2)9-12(10-15)13-11(3)4/h11-13,15H,5-10H2,1-4H3. The van der Waals surface area contributed by atoms with Gasteiger partial charge >= 0.3 is 0 Å². The highest BCUT2D eigenvalue weighted by Crippen LogP contribution is 1.98. The molecule has 0 aliphatic carbocycles. The molecule has 0 aromatic carbocycles. The Balaban J connectivity index is 3.88. The highest BCUT2D eigenvalue weighted by molar-refractivity contribution is 4.72. The van der Waals surface area contributed by atoms with Gasteiger partial charge in [0, 0.05) is 18.6 Å². The highest BCUT2D eigenvalue weighted by Gasteiger charge is 2.12. The van der Waals surface area contributed by atoms with Crippen LogP contribution in [0.5, 0.6) is 0 Å². The summed E-state index contributed by atoms with van der Waals surface area (Å²) in [6, 6.07) is 0.647. The molecule has 0 fully saturated rings. The van der Waals surface area contributed by atoms with E-state index < -0.39 is 0 Å². The van der Waals surface area contributed by atoms with E-state index in [-0.39, 0.29) is 12.6 Å². The zero-order chi connectivity index (χ0) is 11.7. The summed E-state index contributed by atoms with van der Waals surface area (Å²) in [5, 5.41) is 12.6. The van der Waals surface area contributed by atoms with Gasteiger partial charge in [-0.2, -0.15) is 0 Å². The van der Waals surface area contributed by atoms with Gasteiger partial charge < -0.3 is 15.3 Å². The van der Waals surface area contributed by atoms with Crippen molar-refractivity contribution >= 4 is 0 Å². The second-order valence-electron chi connectivity index (χ2n) is 4.45. The Labute approximate surface area is 94.9 Å². The molecule has 15 heavy (non-hydrogen) atoms. The van der Waals surface area contributed by atoms with Crippen molar-refractivity contribution in [1.82, 2.24) is 10.2 Å². The summed E-state index contributed by atoms with van der Waals surface area (Å²) < 4.78 is 0. The Hall–Kier alpha value is -0.120. The van der Waals surface area contributed by atoms with Crippen molar-refractivity contribution in [2.45, 2.75) is 52.6 Å². The van der Waals surface area contributed by atoms with Gasteiger partial charge in [-0.15, -0.1) is 0 Å². The minimum atomic E-state index is 0.210. The number of aliphatic hydroxyl groups excluding tert-OH is 1. The average Bonchev–Trinajstić information content (AvgIpc) is 2.21. The molecular weight excluding hydrogens is 188 g/mol. The van der Waals surface area contributed by atoms with Crippen LogP contribution in [-0.2, 0) is 0 Å². The van der Waals surface area contributed by atoms with Crippen LogP contribution in [0.4, 0.5) is 0 Å². The van der Waals surface area contributed by atoms with E-state index in [0.717, 1.165) is 19.6 Å². The second-order valence-corrected chi connectivity index (χ2v) is 4.45. The van der Waals surface area contributed by atoms with Crippen LogP contribution in [0, 0.1) is 0 Å². The monoisotopic (exact) mass is 216 g/mol. The number of rotatable bonds is 9. The van der Waals surface area contributed by atoms with Gasteiger partial charge in [-0.05, 0) is 19.5 Å². The van der Waals surface area contributed by atoms with Crippen LogP contribution in [0.1, 0.15) is 40.5 Å². The zero-order valence-corrected chi connectivity index (χ0v) is 10.8. The third kappa shape index (κ3) is 7.77. The molecule has 0 bridgehead atoms. The molecule has 0 aromatic rings. The molecule has 0 aromatic heterocycles. The molecule has 1 unspecified atom stereocenters. The fourth-order valence-electron chi connectivity index (χ4n) is 1.71. The zero-order valence-electron chi connectivity index (χ0n) is 10.8. The van der Waals surface area contributed by atoms with Crippen LogP contribution in [0.15, 0.2) is 0 Å². The van der Waals surface area contributed by atoms with Gasteiger partial charge in [0.25, 0.3) is 0 Å². The Bertz CT molecular complexity index is 140. The highest BCUT2D eigenvalue weighted by atomic mass is 16.3. The lowest BCUT2D eigenvalue weighted by Crippen LogP contribution is -2.46. The molecule has 2 N–H and O–H groups in total. The van der Waals surface area contributed by atoms with Gasteiger partial charge in [-0.1, -0.05) is 34.1 Å². The summed E-state index contributed by atoms with van der Waals surface area (Å²) in [7, 11) is 0. The molecule has 1 atom stereocenters. The molecule has 0 spiro atoms. The minimum absolute atomic E-state index is 0.210. The molecule has 0 aliphatic heterocycles. The van der Waals surface area contributed by atoms with Crippen molar-refractivity contribution in [3.05, 3.63) is 0 Å². The Kier molecular flexibility index (Phi) is 9.06. The first kappa shape index (κ1) is 14.9. The van der Waals surface area contributed by atoms with Gasteiger partial charge in [0.15, 0.2) is 0 Å². The van der Waals surface area contributed by atoms with Crippen LogP contribution < -0.4 is 5.32 Å². The number of aliphatic hydroxyl groups is 1. The largest absolute Gasteiger partial charge is 0.395 e. The first-order valence-electron chi connectivity index (χ1n) is 6.23. The molecule has 0 saturated carbocycles. The first-order chi connectivity index (χ1) is 7.13. The normalized spacial score (nSPS) is 13.8. The van der Waals surface area contributed by atoms with Gasteiger partial charge in [0.05, 0.1) is 6.61 Å². The SMILES string of the molecule is CCCCN(CC)CC(CO)NC(C)C. The summed E-state index contributed by atoms with van der Waals surface area (Å²) in [6.07, 6.45) is 2.48. The predicted molar refractivity (Wildman–Crippen MR) is 66.2 cm³/mol. The molecule has 3 heteroatoms. The fourth-order valence-corrected chi connectivity index (χ4v) is 1.71. The molecule has 0 aliphatic rings. The number of unbranched alkanes of at least 4 members (excludes halogenated alkanes) is 1. The quantitative estimate of drug-likeness (QED) is 0.612. The molecule has 3 nitrogen and oxygen atoms in total. The average molecular weight is 216 g/mol. The van der Waals surface area contributed by atoms with E-state index in [1.54, 1.807) is 0 Å². The molecule has 0 saturated heterocycles. The van der Waals surface area contributed by atoms with Crippen molar-refractivity contribution < 1.29 is 5.11 Å². The topological polar surface area (TPSA) is 35.5 Å². The Morgan fingerprint density at radius 2 is 1.93 bits per heavy atom. The Morgan fingerprint density at radius 1 is 1.27 bits per heavy atom. The van der Waals surface area contributed by atoms with Crippen LogP contribution >= 0.6 is 0 Å². The lowest BCUT2D eigenvalue weighted by atomic mass is 10.2. The van der Waals surface area contributed by atoms with Gasteiger partial charge in [0.2, 0.25) is 0 Å². The van der Waals surface area contributed by atoms with Gasteiger partial charge in [0.1, 0.15) is 0 Å². The van der Waals surface area contributed by atoms with Crippen LogP contribution in [0.25, 0.3) is 0 Å². The first-order valence-corrected chi connectivity index (χ1v) is 6.23. The number of likely N-dealkylation sites (N-methyl/N-ethyl adjacent to an activating group) is 1. The molecule has 92 valence electrons. The van der Waals surface area contributed by atoms with Crippen molar-refractivity contribution in [1.29, 1.82) is 0 Å². The third-order valence-electron chi connectivity index (χ3n) is 2.54. The van der Waals surface area contributed by atoms with Crippen LogP contribution in [0.2, 0.25) is 0 Å².